The van der Waals surface area contributed by atoms with Crippen molar-refractivity contribution in [1.82, 2.24) is 0 Å². The van der Waals surface area contributed by atoms with Gasteiger partial charge < -0.3 is 11.1 Å². The van der Waals surface area contributed by atoms with Crippen LogP contribution in [0.5, 0.6) is 0 Å². The van der Waals surface area contributed by atoms with Crippen LogP contribution in [0.1, 0.15) is 6.92 Å². The van der Waals surface area contributed by atoms with Crippen LogP contribution in [0.15, 0.2) is 47.4 Å². The number of thioether (sulfide) groups is 1. The first-order valence-corrected chi connectivity index (χ1v) is 7.87. The lowest BCUT2D eigenvalue weighted by atomic mass is 10.3. The topological polar surface area (TPSA) is 55.1 Å². The van der Waals surface area contributed by atoms with Gasteiger partial charge in [-0.25, -0.2) is 0 Å². The maximum absolute atomic E-state index is 12.2. The molecule has 1 unspecified atom stereocenters. The third-order valence-electron chi connectivity index (χ3n) is 2.73. The molecule has 0 fully saturated rings. The van der Waals surface area contributed by atoms with Crippen molar-refractivity contribution in [3.05, 3.63) is 52.5 Å². The molecule has 0 aliphatic heterocycles. The van der Waals surface area contributed by atoms with Gasteiger partial charge >= 0.3 is 0 Å². The summed E-state index contributed by atoms with van der Waals surface area (Å²) in [6.07, 6.45) is 0. The van der Waals surface area contributed by atoms with Crippen LogP contribution >= 0.6 is 35.0 Å². The molecule has 0 aromatic heterocycles. The van der Waals surface area contributed by atoms with Crippen molar-refractivity contribution >= 4 is 52.2 Å². The van der Waals surface area contributed by atoms with Crippen LogP contribution in [-0.4, -0.2) is 11.2 Å². The number of nitrogen functional groups attached to an aromatic ring is 1. The first kappa shape index (κ1) is 16.0. The summed E-state index contributed by atoms with van der Waals surface area (Å²) in [4.78, 5) is 13.1. The van der Waals surface area contributed by atoms with E-state index in [2.05, 4.69) is 5.32 Å². The Morgan fingerprint density at radius 1 is 1.24 bits per heavy atom. The molecule has 6 heteroatoms. The Kier molecular flexibility index (Phi) is 5.39. The van der Waals surface area contributed by atoms with Crippen LogP contribution in [0.25, 0.3) is 0 Å². The van der Waals surface area contributed by atoms with Gasteiger partial charge in [-0.2, -0.15) is 0 Å². The molecule has 0 bridgehead atoms. The minimum atomic E-state index is -0.290. The van der Waals surface area contributed by atoms with Gasteiger partial charge in [-0.15, -0.1) is 11.8 Å². The summed E-state index contributed by atoms with van der Waals surface area (Å²) in [6.45, 7) is 1.82. The molecule has 21 heavy (non-hydrogen) atoms. The first-order chi connectivity index (χ1) is 9.95. The molecule has 1 amide bonds. The number of halogens is 2. The summed E-state index contributed by atoms with van der Waals surface area (Å²) in [6, 6.07) is 12.4. The minimum absolute atomic E-state index is 0.147. The second kappa shape index (κ2) is 7.07. The number of hydrogen-bond acceptors (Lipinski definition) is 3. The molecule has 3 nitrogen and oxygen atoms in total. The average Bonchev–Trinajstić information content (AvgIpc) is 2.43. The van der Waals surface area contributed by atoms with Crippen LogP contribution in [0.4, 0.5) is 11.4 Å². The van der Waals surface area contributed by atoms with Gasteiger partial charge in [0.2, 0.25) is 5.91 Å². The molecule has 0 heterocycles. The van der Waals surface area contributed by atoms with Crippen molar-refractivity contribution in [1.29, 1.82) is 0 Å². The SMILES string of the molecule is CC(Sc1cccc(N)c1)C(=O)Nc1cc(Cl)ccc1Cl. The third kappa shape index (κ3) is 4.56. The summed E-state index contributed by atoms with van der Waals surface area (Å²) in [5, 5.41) is 3.46. The van der Waals surface area contributed by atoms with Crippen molar-refractivity contribution in [3.63, 3.8) is 0 Å². The van der Waals surface area contributed by atoms with E-state index in [0.717, 1.165) is 4.90 Å². The van der Waals surface area contributed by atoms with E-state index in [-0.39, 0.29) is 11.2 Å². The molecule has 3 N–H and O–H groups in total. The van der Waals surface area contributed by atoms with E-state index in [1.54, 1.807) is 24.3 Å². The highest BCUT2D eigenvalue weighted by Crippen LogP contribution is 2.28. The number of hydrogen-bond donors (Lipinski definition) is 2. The van der Waals surface area contributed by atoms with Gasteiger partial charge in [-0.05, 0) is 43.3 Å². The number of benzene rings is 2. The predicted molar refractivity (Wildman–Crippen MR) is 91.3 cm³/mol. The first-order valence-electron chi connectivity index (χ1n) is 6.24. The van der Waals surface area contributed by atoms with Gasteiger partial charge in [0.1, 0.15) is 0 Å². The van der Waals surface area contributed by atoms with Crippen LogP contribution in [0.3, 0.4) is 0 Å². The van der Waals surface area contributed by atoms with Gasteiger partial charge in [-0.3, -0.25) is 4.79 Å². The predicted octanol–water partition coefficient (Wildman–Crippen LogP) is 4.69. The summed E-state index contributed by atoms with van der Waals surface area (Å²) < 4.78 is 0. The van der Waals surface area contributed by atoms with Crippen LogP contribution in [-0.2, 0) is 4.79 Å². The largest absolute Gasteiger partial charge is 0.399 e. The van der Waals surface area contributed by atoms with Gasteiger partial charge in [0.05, 0.1) is 16.0 Å². The lowest BCUT2D eigenvalue weighted by Crippen LogP contribution is -2.22. The molecule has 2 aromatic carbocycles. The Hall–Kier alpha value is -1.36. The average molecular weight is 341 g/mol. The van der Waals surface area contributed by atoms with Gasteiger partial charge in [0, 0.05) is 15.6 Å². The number of anilines is 2. The standard InChI is InChI=1S/C15H14Cl2N2OS/c1-9(21-12-4-2-3-11(18)8-12)15(20)19-14-7-10(16)5-6-13(14)17/h2-9H,18H2,1H3,(H,19,20). The minimum Gasteiger partial charge on any atom is -0.399 e. The Labute approximate surface area is 137 Å². The van der Waals surface area contributed by atoms with Crippen LogP contribution in [0.2, 0.25) is 10.0 Å². The van der Waals surface area contributed by atoms with Crippen molar-refractivity contribution in [3.8, 4) is 0 Å². The summed E-state index contributed by atoms with van der Waals surface area (Å²) in [5.41, 5.74) is 6.90. The zero-order chi connectivity index (χ0) is 15.4. The fraction of sp³-hybridized carbons (Fsp3) is 0.133. The number of rotatable bonds is 4. The van der Waals surface area contributed by atoms with Gasteiger partial charge in [0.15, 0.2) is 0 Å². The Bertz CT molecular complexity index is 664. The molecule has 0 radical (unpaired) electrons. The quantitative estimate of drug-likeness (QED) is 0.626. The Balaban J connectivity index is 2.04. The summed E-state index contributed by atoms with van der Waals surface area (Å²) in [5.74, 6) is -0.147. The number of carbonyl (C=O) groups excluding carboxylic acids is 1. The molecule has 2 aromatic rings. The number of carbonyl (C=O) groups is 1. The highest BCUT2D eigenvalue weighted by molar-refractivity contribution is 8.00. The highest BCUT2D eigenvalue weighted by Gasteiger charge is 2.16. The zero-order valence-corrected chi connectivity index (χ0v) is 13.6. The molecule has 0 aliphatic carbocycles. The fourth-order valence-corrected chi connectivity index (χ4v) is 2.95. The third-order valence-corrected chi connectivity index (χ3v) is 4.38. The van der Waals surface area contributed by atoms with E-state index in [1.165, 1.54) is 11.8 Å². The zero-order valence-electron chi connectivity index (χ0n) is 11.3. The van der Waals surface area contributed by atoms with Crippen molar-refractivity contribution < 1.29 is 4.79 Å². The molecular formula is C15H14Cl2N2OS. The number of nitrogens with one attached hydrogen (secondary N) is 1. The summed E-state index contributed by atoms with van der Waals surface area (Å²) in [7, 11) is 0. The second-order valence-corrected chi connectivity index (χ2v) is 6.70. The molecule has 0 spiro atoms. The highest BCUT2D eigenvalue weighted by atomic mass is 35.5. The van der Waals surface area contributed by atoms with Gasteiger partial charge in [-0.1, -0.05) is 29.3 Å². The van der Waals surface area contributed by atoms with Crippen molar-refractivity contribution in [2.24, 2.45) is 0 Å². The molecule has 1 atom stereocenters. The normalized spacial score (nSPS) is 12.0. The van der Waals surface area contributed by atoms with Crippen molar-refractivity contribution in [2.75, 3.05) is 11.1 Å². The van der Waals surface area contributed by atoms with Crippen LogP contribution < -0.4 is 11.1 Å². The monoisotopic (exact) mass is 340 g/mol. The second-order valence-electron chi connectivity index (χ2n) is 4.45. The van der Waals surface area contributed by atoms with Crippen LogP contribution in [0, 0.1) is 0 Å². The maximum Gasteiger partial charge on any atom is 0.237 e. The molecule has 0 aliphatic rings. The van der Waals surface area contributed by atoms with E-state index < -0.39 is 0 Å². The lowest BCUT2D eigenvalue weighted by Gasteiger charge is -2.13. The van der Waals surface area contributed by atoms with E-state index >= 15 is 0 Å². The van der Waals surface area contributed by atoms with E-state index in [4.69, 9.17) is 28.9 Å². The van der Waals surface area contributed by atoms with Gasteiger partial charge in [0.25, 0.3) is 0 Å². The molecule has 0 saturated carbocycles. The Morgan fingerprint density at radius 3 is 2.71 bits per heavy atom. The number of amides is 1. The number of nitrogens with two attached hydrogens (primary N) is 1. The maximum atomic E-state index is 12.2. The van der Waals surface area contributed by atoms with E-state index in [0.29, 0.717) is 21.4 Å². The van der Waals surface area contributed by atoms with E-state index in [1.807, 2.05) is 25.1 Å². The molecule has 110 valence electrons. The van der Waals surface area contributed by atoms with Crippen molar-refractivity contribution in [2.45, 2.75) is 17.1 Å². The molecule has 2 rings (SSSR count). The summed E-state index contributed by atoms with van der Waals surface area (Å²) >= 11 is 13.4. The molecule has 0 saturated heterocycles. The van der Waals surface area contributed by atoms with E-state index in [9.17, 15) is 4.79 Å². The molecular weight excluding hydrogens is 327 g/mol. The Morgan fingerprint density at radius 2 is 2.00 bits per heavy atom. The lowest BCUT2D eigenvalue weighted by molar-refractivity contribution is -0.115. The fourth-order valence-electron chi connectivity index (χ4n) is 1.67. The smallest absolute Gasteiger partial charge is 0.237 e.